The number of morpholine rings is 1. The molecule has 1 saturated heterocycles. The second-order valence-corrected chi connectivity index (χ2v) is 5.21. The molecule has 20 heavy (non-hydrogen) atoms. The van der Waals surface area contributed by atoms with Crippen LogP contribution in [0.2, 0.25) is 0 Å². The number of hydrogen-bond donors (Lipinski definition) is 1. The third-order valence-electron chi connectivity index (χ3n) is 2.99. The Bertz CT molecular complexity index is 561. The molecule has 2 aromatic heterocycles. The molecule has 1 amide bonds. The predicted molar refractivity (Wildman–Crippen MR) is 76.9 cm³/mol. The van der Waals surface area contributed by atoms with Crippen LogP contribution in [0.1, 0.15) is 0 Å². The van der Waals surface area contributed by atoms with Crippen LogP contribution in [0.15, 0.2) is 36.0 Å². The van der Waals surface area contributed by atoms with Gasteiger partial charge in [0, 0.05) is 24.3 Å². The summed E-state index contributed by atoms with van der Waals surface area (Å²) in [7, 11) is 0. The number of thiazole rings is 1. The van der Waals surface area contributed by atoms with Crippen LogP contribution in [0.4, 0.5) is 10.9 Å². The first-order chi connectivity index (χ1) is 9.83. The smallest absolute Gasteiger partial charge is 0.257 e. The number of anilines is 2. The van der Waals surface area contributed by atoms with Crippen molar-refractivity contribution >= 4 is 28.2 Å². The molecule has 1 aliphatic rings. The molecule has 1 atom stereocenters. The second kappa shape index (κ2) is 5.98. The highest BCUT2D eigenvalue weighted by atomic mass is 32.1. The number of ether oxygens (including phenoxy) is 1. The molecule has 3 heterocycles. The van der Waals surface area contributed by atoms with E-state index in [4.69, 9.17) is 4.74 Å². The zero-order valence-electron chi connectivity index (χ0n) is 10.7. The molecular weight excluding hydrogens is 276 g/mol. The van der Waals surface area contributed by atoms with Crippen molar-refractivity contribution in [2.45, 2.75) is 6.10 Å². The minimum atomic E-state index is -0.505. The van der Waals surface area contributed by atoms with Crippen molar-refractivity contribution in [3.63, 3.8) is 0 Å². The molecule has 0 unspecified atom stereocenters. The van der Waals surface area contributed by atoms with E-state index < -0.39 is 6.10 Å². The first kappa shape index (κ1) is 13.0. The maximum atomic E-state index is 12.1. The number of amides is 1. The van der Waals surface area contributed by atoms with Crippen LogP contribution >= 0.6 is 11.3 Å². The van der Waals surface area contributed by atoms with E-state index in [1.54, 1.807) is 12.4 Å². The summed E-state index contributed by atoms with van der Waals surface area (Å²) in [5, 5.41) is 5.17. The summed E-state index contributed by atoms with van der Waals surface area (Å²) in [6.45, 7) is 1.73. The van der Waals surface area contributed by atoms with Gasteiger partial charge >= 0.3 is 0 Å². The molecule has 3 rings (SSSR count). The molecule has 0 aromatic carbocycles. The number of nitrogens with zero attached hydrogens (tertiary/aromatic N) is 3. The number of nitrogens with one attached hydrogen (secondary N) is 1. The third kappa shape index (κ3) is 2.94. The Kier molecular flexibility index (Phi) is 3.89. The van der Waals surface area contributed by atoms with Crippen LogP contribution in [0.5, 0.6) is 0 Å². The Morgan fingerprint density at radius 2 is 2.35 bits per heavy atom. The summed E-state index contributed by atoms with van der Waals surface area (Å²) >= 11 is 1.39. The van der Waals surface area contributed by atoms with Crippen LogP contribution < -0.4 is 10.2 Å². The van der Waals surface area contributed by atoms with Gasteiger partial charge in [0.1, 0.15) is 5.82 Å². The lowest BCUT2D eigenvalue weighted by Crippen LogP contribution is -2.48. The maximum absolute atomic E-state index is 12.1. The third-order valence-corrected chi connectivity index (χ3v) is 3.68. The zero-order valence-corrected chi connectivity index (χ0v) is 11.5. The summed E-state index contributed by atoms with van der Waals surface area (Å²) in [6, 6.07) is 5.74. The number of rotatable bonds is 3. The highest BCUT2D eigenvalue weighted by molar-refractivity contribution is 7.13. The van der Waals surface area contributed by atoms with Gasteiger partial charge < -0.3 is 9.64 Å². The SMILES string of the molecule is O=C(Nc1nccs1)[C@@H]1CN(c2ccccn2)CCO1. The van der Waals surface area contributed by atoms with Crippen molar-refractivity contribution < 1.29 is 9.53 Å². The zero-order chi connectivity index (χ0) is 13.8. The van der Waals surface area contributed by atoms with Crippen molar-refractivity contribution in [2.75, 3.05) is 29.9 Å². The number of carbonyl (C=O) groups is 1. The van der Waals surface area contributed by atoms with Gasteiger partial charge in [-0.05, 0) is 12.1 Å². The van der Waals surface area contributed by atoms with Gasteiger partial charge in [0.25, 0.3) is 5.91 Å². The van der Waals surface area contributed by atoms with Crippen LogP contribution in [0.25, 0.3) is 0 Å². The van der Waals surface area contributed by atoms with Gasteiger partial charge in [0.15, 0.2) is 11.2 Å². The van der Waals surface area contributed by atoms with Crippen molar-refractivity contribution in [3.05, 3.63) is 36.0 Å². The fourth-order valence-corrected chi connectivity index (χ4v) is 2.56. The number of pyridine rings is 1. The summed E-state index contributed by atoms with van der Waals surface area (Å²) in [4.78, 5) is 22.5. The van der Waals surface area contributed by atoms with Crippen molar-refractivity contribution in [3.8, 4) is 0 Å². The van der Waals surface area contributed by atoms with Gasteiger partial charge in [-0.1, -0.05) is 6.07 Å². The molecule has 7 heteroatoms. The lowest BCUT2D eigenvalue weighted by molar-refractivity contribution is -0.128. The van der Waals surface area contributed by atoms with E-state index in [-0.39, 0.29) is 5.91 Å². The predicted octanol–water partition coefficient (Wildman–Crippen LogP) is 1.38. The Balaban J connectivity index is 1.64. The molecule has 0 bridgehead atoms. The Hall–Kier alpha value is -1.99. The molecule has 1 aliphatic heterocycles. The summed E-state index contributed by atoms with van der Waals surface area (Å²) in [6.07, 6.45) is 2.90. The van der Waals surface area contributed by atoms with Gasteiger partial charge in [-0.3, -0.25) is 10.1 Å². The number of carbonyl (C=O) groups excluding carboxylic acids is 1. The molecule has 1 N–H and O–H groups in total. The van der Waals surface area contributed by atoms with Crippen LogP contribution in [-0.4, -0.2) is 41.7 Å². The Morgan fingerprint density at radius 1 is 1.40 bits per heavy atom. The minimum Gasteiger partial charge on any atom is -0.365 e. The van der Waals surface area contributed by atoms with Gasteiger partial charge in [-0.2, -0.15) is 0 Å². The van der Waals surface area contributed by atoms with Gasteiger partial charge in [-0.15, -0.1) is 11.3 Å². The summed E-state index contributed by atoms with van der Waals surface area (Å²) < 4.78 is 5.54. The molecule has 104 valence electrons. The van der Waals surface area contributed by atoms with E-state index in [2.05, 4.69) is 20.2 Å². The average Bonchev–Trinajstić information content (AvgIpc) is 3.01. The standard InChI is InChI=1S/C13H14N4O2S/c18-12(16-13-15-5-8-20-13)10-9-17(6-7-19-10)11-3-1-2-4-14-11/h1-5,8,10H,6-7,9H2,(H,15,16,18)/t10-/m0/s1. The van der Waals surface area contributed by atoms with Gasteiger partial charge in [-0.25, -0.2) is 9.97 Å². The topological polar surface area (TPSA) is 67.4 Å². The van der Waals surface area contributed by atoms with E-state index in [1.165, 1.54) is 11.3 Å². The monoisotopic (exact) mass is 290 g/mol. The van der Waals surface area contributed by atoms with Crippen LogP contribution in [0.3, 0.4) is 0 Å². The first-order valence-electron chi connectivity index (χ1n) is 6.31. The lowest BCUT2D eigenvalue weighted by Gasteiger charge is -2.32. The molecule has 0 spiro atoms. The minimum absolute atomic E-state index is 0.166. The highest BCUT2D eigenvalue weighted by Crippen LogP contribution is 2.16. The maximum Gasteiger partial charge on any atom is 0.257 e. The van der Waals surface area contributed by atoms with Crippen LogP contribution in [0, 0.1) is 0 Å². The number of hydrogen-bond acceptors (Lipinski definition) is 6. The lowest BCUT2D eigenvalue weighted by atomic mass is 10.2. The van der Waals surface area contributed by atoms with E-state index in [0.717, 1.165) is 12.4 Å². The first-order valence-corrected chi connectivity index (χ1v) is 7.19. The van der Waals surface area contributed by atoms with E-state index in [1.807, 2.05) is 23.6 Å². The fraction of sp³-hybridized carbons (Fsp3) is 0.308. The van der Waals surface area contributed by atoms with Crippen molar-refractivity contribution in [1.29, 1.82) is 0 Å². The van der Waals surface area contributed by atoms with E-state index >= 15 is 0 Å². The number of aromatic nitrogens is 2. The summed E-state index contributed by atoms with van der Waals surface area (Å²) in [5.41, 5.74) is 0. The molecule has 6 nitrogen and oxygen atoms in total. The molecule has 0 saturated carbocycles. The van der Waals surface area contributed by atoms with Gasteiger partial charge in [0.2, 0.25) is 0 Å². The van der Waals surface area contributed by atoms with E-state index in [0.29, 0.717) is 18.3 Å². The highest BCUT2D eigenvalue weighted by Gasteiger charge is 2.27. The normalized spacial score (nSPS) is 18.8. The second-order valence-electron chi connectivity index (χ2n) is 4.32. The molecule has 0 aliphatic carbocycles. The van der Waals surface area contributed by atoms with Crippen molar-refractivity contribution in [2.24, 2.45) is 0 Å². The van der Waals surface area contributed by atoms with Crippen LogP contribution in [-0.2, 0) is 9.53 Å². The Morgan fingerprint density at radius 3 is 3.10 bits per heavy atom. The van der Waals surface area contributed by atoms with E-state index in [9.17, 15) is 4.79 Å². The Labute approximate surface area is 120 Å². The van der Waals surface area contributed by atoms with Gasteiger partial charge in [0.05, 0.1) is 13.2 Å². The average molecular weight is 290 g/mol. The quantitative estimate of drug-likeness (QED) is 0.925. The molecule has 1 fully saturated rings. The summed E-state index contributed by atoms with van der Waals surface area (Å²) in [5.74, 6) is 0.698. The molecule has 2 aromatic rings. The fourth-order valence-electron chi connectivity index (χ4n) is 2.03. The molecule has 0 radical (unpaired) electrons. The molecular formula is C13H14N4O2S. The van der Waals surface area contributed by atoms with Crippen molar-refractivity contribution in [1.82, 2.24) is 9.97 Å². The largest absolute Gasteiger partial charge is 0.365 e.